The van der Waals surface area contributed by atoms with Gasteiger partial charge in [0, 0.05) is 6.54 Å². The molecule has 0 radical (unpaired) electrons. The van der Waals surface area contributed by atoms with E-state index in [1.165, 1.54) is 12.8 Å². The summed E-state index contributed by atoms with van der Waals surface area (Å²) >= 11 is 0. The lowest BCUT2D eigenvalue weighted by atomic mass is 9.98. The normalized spacial score (nSPS) is 28.1. The average Bonchev–Trinajstić information content (AvgIpc) is 2.95. The second kappa shape index (κ2) is 3.83. The zero-order valence-electron chi connectivity index (χ0n) is 9.42. The maximum absolute atomic E-state index is 11.7. The summed E-state index contributed by atoms with van der Waals surface area (Å²) in [5.74, 6) is 1.44. The molecule has 2 aliphatic rings. The highest BCUT2D eigenvalue weighted by Crippen LogP contribution is 2.32. The fourth-order valence-electron chi connectivity index (χ4n) is 2.13. The van der Waals surface area contributed by atoms with Gasteiger partial charge in [0.05, 0.1) is 6.04 Å². The van der Waals surface area contributed by atoms with Crippen molar-refractivity contribution < 1.29 is 4.79 Å². The minimum atomic E-state index is -0.0720. The predicted octanol–water partition coefficient (Wildman–Crippen LogP) is 1.81. The Balaban J connectivity index is 2.08. The summed E-state index contributed by atoms with van der Waals surface area (Å²) in [4.78, 5) is 13.5. The first kappa shape index (κ1) is 10.5. The van der Waals surface area contributed by atoms with Gasteiger partial charge in [0.25, 0.3) is 0 Å². The molecule has 0 aromatic carbocycles. The highest BCUT2D eigenvalue weighted by atomic mass is 16.2. The van der Waals surface area contributed by atoms with Crippen molar-refractivity contribution in [2.24, 2.45) is 11.8 Å². The van der Waals surface area contributed by atoms with Crippen LogP contribution >= 0.6 is 0 Å². The van der Waals surface area contributed by atoms with Crippen LogP contribution in [-0.2, 0) is 0 Å². The molecule has 1 aliphatic carbocycles. The molecule has 1 saturated carbocycles. The van der Waals surface area contributed by atoms with E-state index in [-0.39, 0.29) is 12.1 Å². The third kappa shape index (κ3) is 1.98. The Morgan fingerprint density at radius 3 is 2.80 bits per heavy atom. The summed E-state index contributed by atoms with van der Waals surface area (Å²) in [6.07, 6.45) is 3.48. The van der Waals surface area contributed by atoms with Crippen molar-refractivity contribution in [1.82, 2.24) is 10.2 Å². The number of nitrogens with one attached hydrogen (secondary N) is 2. The Labute approximate surface area is 90.5 Å². The van der Waals surface area contributed by atoms with Crippen LogP contribution in [0.2, 0.25) is 0 Å². The fourth-order valence-corrected chi connectivity index (χ4v) is 2.13. The maximum atomic E-state index is 11.7. The number of nitrogens with zero attached hydrogens (tertiary/aromatic N) is 1. The largest absolute Gasteiger partial charge is 0.323 e. The van der Waals surface area contributed by atoms with E-state index >= 15 is 0 Å². The van der Waals surface area contributed by atoms with E-state index in [2.05, 4.69) is 19.2 Å². The maximum Gasteiger partial charge on any atom is 0.323 e. The van der Waals surface area contributed by atoms with Crippen LogP contribution in [0.3, 0.4) is 0 Å². The van der Waals surface area contributed by atoms with Gasteiger partial charge in [-0.25, -0.2) is 4.79 Å². The Kier molecular flexibility index (Phi) is 2.67. The standard InChI is InChI=1S/C11H19N3O/c1-3-7(2)9-10(12)13-11(15)14(9)6-8-4-5-8/h7-9H,3-6H2,1-2H3,(H2,12,13,15). The molecule has 0 spiro atoms. The highest BCUT2D eigenvalue weighted by molar-refractivity contribution is 6.05. The van der Waals surface area contributed by atoms with Gasteiger partial charge in [-0.2, -0.15) is 0 Å². The van der Waals surface area contributed by atoms with Crippen LogP contribution in [0.4, 0.5) is 4.79 Å². The number of hydrogen-bond donors (Lipinski definition) is 2. The van der Waals surface area contributed by atoms with Crippen molar-refractivity contribution in [2.45, 2.75) is 39.2 Å². The Morgan fingerprint density at radius 2 is 2.27 bits per heavy atom. The van der Waals surface area contributed by atoms with Gasteiger partial charge in [0.15, 0.2) is 0 Å². The van der Waals surface area contributed by atoms with Crippen LogP contribution < -0.4 is 5.32 Å². The molecule has 2 atom stereocenters. The van der Waals surface area contributed by atoms with E-state index in [4.69, 9.17) is 5.41 Å². The second-order valence-electron chi connectivity index (χ2n) is 4.77. The molecule has 1 saturated heterocycles. The van der Waals surface area contributed by atoms with Crippen LogP contribution in [0.15, 0.2) is 0 Å². The van der Waals surface area contributed by atoms with E-state index in [1.54, 1.807) is 0 Å². The Morgan fingerprint density at radius 1 is 1.60 bits per heavy atom. The number of carbonyl (C=O) groups excluding carboxylic acids is 1. The molecule has 2 fully saturated rings. The molecule has 0 aromatic heterocycles. The molecule has 4 heteroatoms. The first-order valence-corrected chi connectivity index (χ1v) is 5.79. The molecule has 0 bridgehead atoms. The molecular formula is C11H19N3O. The van der Waals surface area contributed by atoms with Crippen LogP contribution in [0.25, 0.3) is 0 Å². The fraction of sp³-hybridized carbons (Fsp3) is 0.818. The SMILES string of the molecule is CCC(C)C1C(=N)NC(=O)N1CC1CC1. The highest BCUT2D eigenvalue weighted by Gasteiger charge is 2.40. The molecule has 2 N–H and O–H groups in total. The van der Waals surface area contributed by atoms with E-state index in [0.29, 0.717) is 17.7 Å². The number of urea groups is 1. The predicted molar refractivity (Wildman–Crippen MR) is 58.9 cm³/mol. The van der Waals surface area contributed by atoms with Crippen LogP contribution in [-0.4, -0.2) is 29.4 Å². The minimum Gasteiger partial charge on any atom is -0.314 e. The third-order valence-electron chi connectivity index (χ3n) is 3.47. The first-order chi connectivity index (χ1) is 7.13. The summed E-state index contributed by atoms with van der Waals surface area (Å²) in [6, 6.07) is -0.0831. The smallest absolute Gasteiger partial charge is 0.314 e. The van der Waals surface area contributed by atoms with Gasteiger partial charge >= 0.3 is 6.03 Å². The Bertz CT molecular complexity index is 286. The summed E-state index contributed by atoms with van der Waals surface area (Å²) in [5.41, 5.74) is 0. The van der Waals surface area contributed by atoms with Crippen molar-refractivity contribution in [3.05, 3.63) is 0 Å². The monoisotopic (exact) mass is 209 g/mol. The van der Waals surface area contributed by atoms with Gasteiger partial charge in [-0.15, -0.1) is 0 Å². The zero-order valence-corrected chi connectivity index (χ0v) is 9.42. The van der Waals surface area contributed by atoms with Crippen molar-refractivity contribution in [3.8, 4) is 0 Å². The molecule has 84 valence electrons. The number of amides is 2. The lowest BCUT2D eigenvalue weighted by Crippen LogP contribution is -2.40. The second-order valence-corrected chi connectivity index (χ2v) is 4.77. The van der Waals surface area contributed by atoms with Gasteiger partial charge < -0.3 is 4.90 Å². The van der Waals surface area contributed by atoms with Crippen molar-refractivity contribution >= 4 is 11.9 Å². The van der Waals surface area contributed by atoms with Crippen LogP contribution in [0, 0.1) is 17.2 Å². The van der Waals surface area contributed by atoms with Gasteiger partial charge in [-0.3, -0.25) is 10.7 Å². The molecule has 1 heterocycles. The summed E-state index contributed by atoms with van der Waals surface area (Å²) in [5, 5.41) is 10.4. The number of amidine groups is 1. The molecule has 4 nitrogen and oxygen atoms in total. The molecule has 2 unspecified atom stereocenters. The lowest BCUT2D eigenvalue weighted by Gasteiger charge is -2.26. The van der Waals surface area contributed by atoms with Crippen LogP contribution in [0.5, 0.6) is 0 Å². The average molecular weight is 209 g/mol. The van der Waals surface area contributed by atoms with Gasteiger partial charge in [0.1, 0.15) is 5.84 Å². The van der Waals surface area contributed by atoms with Crippen molar-refractivity contribution in [2.75, 3.05) is 6.54 Å². The molecule has 0 aromatic rings. The molecule has 2 amide bonds. The molecule has 2 rings (SSSR count). The zero-order chi connectivity index (χ0) is 11.0. The van der Waals surface area contributed by atoms with Gasteiger partial charge in [-0.05, 0) is 24.7 Å². The first-order valence-electron chi connectivity index (χ1n) is 5.79. The van der Waals surface area contributed by atoms with Crippen molar-refractivity contribution in [3.63, 3.8) is 0 Å². The molecular weight excluding hydrogens is 190 g/mol. The number of rotatable bonds is 4. The van der Waals surface area contributed by atoms with Crippen molar-refractivity contribution in [1.29, 1.82) is 5.41 Å². The third-order valence-corrected chi connectivity index (χ3v) is 3.47. The van der Waals surface area contributed by atoms with Gasteiger partial charge in [0.2, 0.25) is 0 Å². The number of carbonyl (C=O) groups is 1. The van der Waals surface area contributed by atoms with E-state index in [9.17, 15) is 4.79 Å². The van der Waals surface area contributed by atoms with E-state index in [1.807, 2.05) is 4.90 Å². The summed E-state index contributed by atoms with van der Waals surface area (Å²) < 4.78 is 0. The van der Waals surface area contributed by atoms with E-state index in [0.717, 1.165) is 13.0 Å². The molecule has 15 heavy (non-hydrogen) atoms. The topological polar surface area (TPSA) is 56.2 Å². The Hall–Kier alpha value is -1.06. The minimum absolute atomic E-state index is 0.0110. The molecule has 1 aliphatic heterocycles. The summed E-state index contributed by atoms with van der Waals surface area (Å²) in [7, 11) is 0. The van der Waals surface area contributed by atoms with Gasteiger partial charge in [-0.1, -0.05) is 20.3 Å². The van der Waals surface area contributed by atoms with E-state index < -0.39 is 0 Å². The summed E-state index contributed by atoms with van der Waals surface area (Å²) in [6.45, 7) is 5.05. The van der Waals surface area contributed by atoms with Crippen LogP contribution in [0.1, 0.15) is 33.1 Å². The number of hydrogen-bond acceptors (Lipinski definition) is 2. The quantitative estimate of drug-likeness (QED) is 0.729. The lowest BCUT2D eigenvalue weighted by molar-refractivity contribution is 0.189.